The topological polar surface area (TPSA) is 61.4 Å². The van der Waals surface area contributed by atoms with Crippen molar-refractivity contribution in [3.05, 3.63) is 30.1 Å². The van der Waals surface area contributed by atoms with Gasteiger partial charge >= 0.3 is 0 Å². The van der Waals surface area contributed by atoms with Crippen LogP contribution in [0.3, 0.4) is 0 Å². The molecule has 1 heterocycles. The number of hydrogen-bond donors (Lipinski definition) is 2. The molecule has 5 nitrogen and oxygen atoms in total. The lowest BCUT2D eigenvalue weighted by Gasteiger charge is -2.34. The summed E-state index contributed by atoms with van der Waals surface area (Å²) in [4.78, 5) is 26.2. The molecule has 1 aliphatic heterocycles. The van der Waals surface area contributed by atoms with Crippen molar-refractivity contribution in [1.29, 1.82) is 0 Å². The van der Waals surface area contributed by atoms with Crippen molar-refractivity contribution in [3.8, 4) is 0 Å². The van der Waals surface area contributed by atoms with Gasteiger partial charge in [-0.25, -0.2) is 4.39 Å². The van der Waals surface area contributed by atoms with Crippen LogP contribution >= 0.6 is 0 Å². The van der Waals surface area contributed by atoms with Crippen molar-refractivity contribution in [2.75, 3.05) is 25.0 Å². The normalized spacial score (nSPS) is 21.8. The van der Waals surface area contributed by atoms with Gasteiger partial charge in [0.25, 0.3) is 0 Å². The number of nitrogens with one attached hydrogen (secondary N) is 2. The van der Waals surface area contributed by atoms with Crippen molar-refractivity contribution in [2.45, 2.75) is 38.1 Å². The van der Waals surface area contributed by atoms with Crippen LogP contribution < -0.4 is 10.6 Å². The van der Waals surface area contributed by atoms with Crippen LogP contribution in [-0.2, 0) is 9.59 Å². The molecule has 1 atom stereocenters. The maximum atomic E-state index is 12.9. The fraction of sp³-hybridized carbons (Fsp3) is 0.556. The van der Waals surface area contributed by atoms with E-state index in [1.165, 1.54) is 12.1 Å². The third kappa shape index (κ3) is 4.54. The number of anilines is 1. The zero-order valence-electron chi connectivity index (χ0n) is 13.8. The van der Waals surface area contributed by atoms with Crippen LogP contribution in [0.25, 0.3) is 0 Å². The van der Waals surface area contributed by atoms with Crippen LogP contribution in [0.5, 0.6) is 0 Å². The minimum absolute atomic E-state index is 0.118. The summed E-state index contributed by atoms with van der Waals surface area (Å²) >= 11 is 0. The highest BCUT2D eigenvalue weighted by molar-refractivity contribution is 5.92. The Labute approximate surface area is 141 Å². The highest BCUT2D eigenvalue weighted by Gasteiger charge is 2.29. The van der Waals surface area contributed by atoms with E-state index in [4.69, 9.17) is 0 Å². The van der Waals surface area contributed by atoms with Gasteiger partial charge in [0.05, 0.1) is 6.54 Å². The van der Waals surface area contributed by atoms with Gasteiger partial charge < -0.3 is 10.6 Å². The van der Waals surface area contributed by atoms with E-state index in [9.17, 15) is 14.0 Å². The summed E-state index contributed by atoms with van der Waals surface area (Å²) in [6, 6.07) is 5.87. The summed E-state index contributed by atoms with van der Waals surface area (Å²) in [5.74, 6) is -0.0762. The maximum absolute atomic E-state index is 12.9. The van der Waals surface area contributed by atoms with Crippen molar-refractivity contribution < 1.29 is 14.0 Å². The number of piperidine rings is 1. The molecular formula is C18H24FN3O2. The first kappa shape index (κ1) is 16.9. The maximum Gasteiger partial charge on any atom is 0.238 e. The molecule has 0 bridgehead atoms. The Bertz CT molecular complexity index is 586. The molecule has 2 fully saturated rings. The zero-order valence-corrected chi connectivity index (χ0v) is 13.8. The fourth-order valence-electron chi connectivity index (χ4n) is 3.24. The standard InChI is InChI=1S/C18H24FN3O2/c19-14-6-8-15(9-7-14)20-17(23)12-22-10-2-5-16(11-22)21-18(24)13-3-1-4-13/h6-9,13,16H,1-5,10-12H2,(H,20,23)(H,21,24). The Hall–Kier alpha value is -1.95. The van der Waals surface area contributed by atoms with Gasteiger partial charge in [-0.15, -0.1) is 0 Å². The molecule has 1 aliphatic carbocycles. The van der Waals surface area contributed by atoms with Gasteiger partial charge in [0, 0.05) is 24.2 Å². The summed E-state index contributed by atoms with van der Waals surface area (Å²) in [7, 11) is 0. The van der Waals surface area contributed by atoms with E-state index >= 15 is 0 Å². The minimum Gasteiger partial charge on any atom is -0.352 e. The predicted molar refractivity (Wildman–Crippen MR) is 90.0 cm³/mol. The molecule has 0 radical (unpaired) electrons. The minimum atomic E-state index is -0.325. The number of halogens is 1. The first-order valence-electron chi connectivity index (χ1n) is 8.68. The SMILES string of the molecule is O=C(CN1CCCC(NC(=O)C2CCC2)C1)Nc1ccc(F)cc1. The quantitative estimate of drug-likeness (QED) is 0.868. The number of benzene rings is 1. The zero-order chi connectivity index (χ0) is 16.9. The third-order valence-corrected chi connectivity index (χ3v) is 4.82. The molecule has 0 spiro atoms. The Morgan fingerprint density at radius 3 is 2.54 bits per heavy atom. The average Bonchev–Trinajstić information content (AvgIpc) is 2.48. The highest BCUT2D eigenvalue weighted by atomic mass is 19.1. The molecule has 0 aromatic heterocycles. The average molecular weight is 333 g/mol. The first-order valence-corrected chi connectivity index (χ1v) is 8.68. The van der Waals surface area contributed by atoms with E-state index in [2.05, 4.69) is 15.5 Å². The number of carbonyl (C=O) groups excluding carboxylic acids is 2. The van der Waals surface area contributed by atoms with E-state index in [1.807, 2.05) is 0 Å². The Morgan fingerprint density at radius 2 is 1.88 bits per heavy atom. The summed E-state index contributed by atoms with van der Waals surface area (Å²) in [5.41, 5.74) is 0.591. The molecular weight excluding hydrogens is 309 g/mol. The van der Waals surface area contributed by atoms with Gasteiger partial charge in [-0.05, 0) is 56.5 Å². The Kier molecular flexibility index (Phi) is 5.45. The summed E-state index contributed by atoms with van der Waals surface area (Å²) in [6.45, 7) is 1.84. The van der Waals surface area contributed by atoms with E-state index in [0.29, 0.717) is 12.2 Å². The molecule has 3 rings (SSSR count). The lowest BCUT2D eigenvalue weighted by atomic mass is 9.84. The second-order valence-corrected chi connectivity index (χ2v) is 6.77. The van der Waals surface area contributed by atoms with Gasteiger partial charge in [0.1, 0.15) is 5.82 Å². The van der Waals surface area contributed by atoms with Crippen LogP contribution in [-0.4, -0.2) is 42.4 Å². The second kappa shape index (κ2) is 7.75. The van der Waals surface area contributed by atoms with E-state index in [0.717, 1.165) is 38.6 Å². The number of carbonyl (C=O) groups is 2. The van der Waals surface area contributed by atoms with Crippen molar-refractivity contribution in [1.82, 2.24) is 10.2 Å². The van der Waals surface area contributed by atoms with Gasteiger partial charge in [-0.2, -0.15) is 0 Å². The largest absolute Gasteiger partial charge is 0.352 e. The highest BCUT2D eigenvalue weighted by Crippen LogP contribution is 2.26. The molecule has 1 saturated heterocycles. The van der Waals surface area contributed by atoms with Crippen molar-refractivity contribution in [3.63, 3.8) is 0 Å². The Balaban J connectivity index is 1.44. The monoisotopic (exact) mass is 333 g/mol. The number of rotatable bonds is 5. The molecule has 24 heavy (non-hydrogen) atoms. The fourth-order valence-corrected chi connectivity index (χ4v) is 3.24. The lowest BCUT2D eigenvalue weighted by Crippen LogP contribution is -2.51. The summed E-state index contributed by atoms with van der Waals surface area (Å²) in [5, 5.41) is 5.90. The molecule has 1 unspecified atom stereocenters. The van der Waals surface area contributed by atoms with Gasteiger partial charge in [0.15, 0.2) is 0 Å². The third-order valence-electron chi connectivity index (χ3n) is 4.82. The summed E-state index contributed by atoms with van der Waals surface area (Å²) in [6.07, 6.45) is 5.09. The first-order chi connectivity index (χ1) is 11.6. The van der Waals surface area contributed by atoms with Crippen LogP contribution in [0, 0.1) is 11.7 Å². The predicted octanol–water partition coefficient (Wildman–Crippen LogP) is 2.14. The van der Waals surface area contributed by atoms with E-state index in [1.54, 1.807) is 12.1 Å². The van der Waals surface area contributed by atoms with Gasteiger partial charge in [-0.3, -0.25) is 14.5 Å². The second-order valence-electron chi connectivity index (χ2n) is 6.77. The van der Waals surface area contributed by atoms with Crippen LogP contribution in [0.2, 0.25) is 0 Å². The molecule has 1 saturated carbocycles. The van der Waals surface area contributed by atoms with Crippen LogP contribution in [0.1, 0.15) is 32.1 Å². The molecule has 2 aliphatic rings. The molecule has 130 valence electrons. The van der Waals surface area contributed by atoms with Gasteiger partial charge in [0.2, 0.25) is 11.8 Å². The smallest absolute Gasteiger partial charge is 0.238 e. The molecule has 2 N–H and O–H groups in total. The molecule has 2 amide bonds. The lowest BCUT2D eigenvalue weighted by molar-refractivity contribution is -0.128. The number of hydrogen-bond acceptors (Lipinski definition) is 3. The van der Waals surface area contributed by atoms with Gasteiger partial charge in [-0.1, -0.05) is 6.42 Å². The molecule has 6 heteroatoms. The van der Waals surface area contributed by atoms with E-state index < -0.39 is 0 Å². The molecule has 1 aromatic carbocycles. The number of amides is 2. The van der Waals surface area contributed by atoms with Crippen molar-refractivity contribution >= 4 is 17.5 Å². The Morgan fingerprint density at radius 1 is 1.12 bits per heavy atom. The van der Waals surface area contributed by atoms with Crippen LogP contribution in [0.15, 0.2) is 24.3 Å². The number of nitrogens with zero attached hydrogens (tertiary/aromatic N) is 1. The summed E-state index contributed by atoms with van der Waals surface area (Å²) < 4.78 is 12.9. The number of likely N-dealkylation sites (tertiary alicyclic amines) is 1. The van der Waals surface area contributed by atoms with Crippen molar-refractivity contribution in [2.24, 2.45) is 5.92 Å². The van der Waals surface area contributed by atoms with Crippen LogP contribution in [0.4, 0.5) is 10.1 Å². The van der Waals surface area contributed by atoms with E-state index in [-0.39, 0.29) is 36.1 Å². The molecule has 1 aromatic rings.